The van der Waals surface area contributed by atoms with Crippen LogP contribution in [0.2, 0.25) is 0 Å². The number of carbonyl (C=O) groups excluding carboxylic acids is 2. The number of hydrogen-bond acceptors (Lipinski definition) is 10. The maximum absolute atomic E-state index is 12.7. The molecule has 1 fully saturated rings. The predicted molar refractivity (Wildman–Crippen MR) is 127 cm³/mol. The molecule has 4 aliphatic rings. The first-order valence-electron chi connectivity index (χ1n) is 12.4. The minimum Gasteiger partial charge on any atom is -0.493 e. The van der Waals surface area contributed by atoms with Gasteiger partial charge in [-0.1, -0.05) is 6.07 Å². The molecule has 0 saturated carbocycles. The van der Waals surface area contributed by atoms with Crippen LogP contribution in [-0.4, -0.2) is 88.6 Å². The van der Waals surface area contributed by atoms with Crippen LogP contribution in [0.1, 0.15) is 43.2 Å². The highest BCUT2D eigenvalue weighted by Gasteiger charge is 2.72. The van der Waals surface area contributed by atoms with Crippen molar-refractivity contribution < 1.29 is 53.4 Å². The molecule has 1 aromatic rings. The largest absolute Gasteiger partial charge is 0.493 e. The van der Waals surface area contributed by atoms with Crippen LogP contribution in [0.15, 0.2) is 24.0 Å². The highest BCUT2D eigenvalue weighted by Crippen LogP contribution is 2.65. The fourth-order valence-electron chi connectivity index (χ4n) is 6.53. The Kier molecular flexibility index (Phi) is 6.35. The van der Waals surface area contributed by atoms with E-state index in [-0.39, 0.29) is 18.2 Å². The summed E-state index contributed by atoms with van der Waals surface area (Å²) in [5.74, 6) is -3.56. The van der Waals surface area contributed by atoms with Crippen LogP contribution in [0.5, 0.6) is 11.5 Å². The zero-order valence-electron chi connectivity index (χ0n) is 21.0. The number of aliphatic carboxylic acids is 2. The fraction of sp³-hybridized carbons (Fsp3) is 0.538. The second-order valence-electron chi connectivity index (χ2n) is 10.2. The van der Waals surface area contributed by atoms with E-state index in [1.54, 1.807) is 6.08 Å². The smallest absolute Gasteiger partial charge is 0.345 e. The molecule has 0 aromatic heterocycles. The van der Waals surface area contributed by atoms with Gasteiger partial charge in [-0.15, -0.1) is 0 Å². The summed E-state index contributed by atoms with van der Waals surface area (Å²) in [5, 5.41) is 30.0. The molecule has 2 heterocycles. The third-order valence-corrected chi connectivity index (χ3v) is 8.23. The van der Waals surface area contributed by atoms with Crippen LogP contribution in [-0.2, 0) is 40.5 Å². The van der Waals surface area contributed by atoms with Crippen molar-refractivity contribution in [1.82, 2.24) is 4.90 Å². The average Bonchev–Trinajstić information content (AvgIpc) is 3.21. The standard InChI is InChI=1S/C26H29NO11/c1-27-10-9-25-21-13-3-4-14(35-2)22(21)38-23(25)15(7-8-26(25,34)17(27)11-13)36-19(30)5-6-20(31)37-16(24(32)33)12-18(28)29/h3-4,7,16-17,23,34H,5-6,8-12H2,1-2H3,(H,28,29)(H,32,33)/t16-,17+,23-,25-,26+/m0/s1. The Hall–Kier alpha value is -3.64. The quantitative estimate of drug-likeness (QED) is 0.383. The molecular formula is C26H29NO11. The topological polar surface area (TPSA) is 169 Å². The molecule has 204 valence electrons. The Bertz CT molecular complexity index is 1240. The van der Waals surface area contributed by atoms with Crippen molar-refractivity contribution in [2.75, 3.05) is 20.7 Å². The highest BCUT2D eigenvalue weighted by molar-refractivity contribution is 5.84. The number of esters is 2. The summed E-state index contributed by atoms with van der Waals surface area (Å²) in [6, 6.07) is 3.66. The summed E-state index contributed by atoms with van der Waals surface area (Å²) in [4.78, 5) is 48.8. The van der Waals surface area contributed by atoms with Gasteiger partial charge in [-0.2, -0.15) is 0 Å². The van der Waals surface area contributed by atoms with Gasteiger partial charge in [0.15, 0.2) is 17.6 Å². The molecule has 0 amide bonds. The Balaban J connectivity index is 1.35. The first-order chi connectivity index (χ1) is 18.0. The van der Waals surface area contributed by atoms with Crippen molar-refractivity contribution in [3.63, 3.8) is 0 Å². The third kappa shape index (κ3) is 3.81. The number of nitrogens with zero attached hydrogens (tertiary/aromatic N) is 1. The van der Waals surface area contributed by atoms with Gasteiger partial charge < -0.3 is 39.2 Å². The van der Waals surface area contributed by atoms with Crippen LogP contribution in [0, 0.1) is 0 Å². The van der Waals surface area contributed by atoms with Crippen molar-refractivity contribution in [3.8, 4) is 11.5 Å². The zero-order valence-corrected chi connectivity index (χ0v) is 21.0. The molecule has 12 heteroatoms. The number of methoxy groups -OCH3 is 1. The van der Waals surface area contributed by atoms with Crippen molar-refractivity contribution in [3.05, 3.63) is 35.1 Å². The monoisotopic (exact) mass is 531 g/mol. The zero-order chi connectivity index (χ0) is 27.4. The number of hydrogen-bond donors (Lipinski definition) is 3. The van der Waals surface area contributed by atoms with E-state index >= 15 is 0 Å². The molecule has 2 aliphatic carbocycles. The van der Waals surface area contributed by atoms with E-state index in [0.29, 0.717) is 30.9 Å². The van der Waals surface area contributed by atoms with Gasteiger partial charge in [0.2, 0.25) is 6.10 Å². The molecule has 0 unspecified atom stereocenters. The maximum atomic E-state index is 12.7. The van der Waals surface area contributed by atoms with E-state index in [1.807, 2.05) is 19.2 Å². The normalized spacial score (nSPS) is 29.3. The number of benzene rings is 1. The lowest BCUT2D eigenvalue weighted by atomic mass is 9.50. The van der Waals surface area contributed by atoms with Crippen molar-refractivity contribution in [1.29, 1.82) is 0 Å². The number of rotatable bonds is 9. The van der Waals surface area contributed by atoms with Crippen LogP contribution in [0.4, 0.5) is 0 Å². The molecule has 38 heavy (non-hydrogen) atoms. The summed E-state index contributed by atoms with van der Waals surface area (Å²) < 4.78 is 22.3. The lowest BCUT2D eigenvalue weighted by Crippen LogP contribution is -2.74. The summed E-state index contributed by atoms with van der Waals surface area (Å²) in [5.41, 5.74) is -0.0761. The molecule has 5 atom stereocenters. The number of carboxylic acids is 2. The Morgan fingerprint density at radius 3 is 2.61 bits per heavy atom. The highest BCUT2D eigenvalue weighted by atomic mass is 16.6. The predicted octanol–water partition coefficient (Wildman–Crippen LogP) is 0.767. The maximum Gasteiger partial charge on any atom is 0.345 e. The first kappa shape index (κ1) is 26.0. The molecule has 1 spiro atoms. The minimum atomic E-state index is -1.85. The molecular weight excluding hydrogens is 502 g/mol. The minimum absolute atomic E-state index is 0.162. The number of aliphatic hydroxyl groups is 1. The van der Waals surface area contributed by atoms with E-state index in [4.69, 9.17) is 29.2 Å². The Morgan fingerprint density at radius 1 is 1.18 bits per heavy atom. The van der Waals surface area contributed by atoms with Gasteiger partial charge in [-0.05, 0) is 44.1 Å². The van der Waals surface area contributed by atoms with E-state index < -0.39 is 66.4 Å². The molecule has 2 aliphatic heterocycles. The molecule has 1 saturated heterocycles. The van der Waals surface area contributed by atoms with Gasteiger partial charge in [0, 0.05) is 18.0 Å². The number of likely N-dealkylation sites (tertiary alicyclic amines) is 1. The Labute approximate surface area is 217 Å². The average molecular weight is 532 g/mol. The number of ether oxygens (including phenoxy) is 4. The van der Waals surface area contributed by atoms with E-state index in [9.17, 15) is 24.3 Å². The molecule has 3 N–H and O–H groups in total. The molecule has 12 nitrogen and oxygen atoms in total. The fourth-order valence-corrected chi connectivity index (χ4v) is 6.53. The van der Waals surface area contributed by atoms with Crippen LogP contribution in [0.25, 0.3) is 0 Å². The lowest BCUT2D eigenvalue weighted by molar-refractivity contribution is -0.171. The number of carboxylic acid groups (broad SMARTS) is 2. The Morgan fingerprint density at radius 2 is 1.92 bits per heavy atom. The number of likely N-dealkylation sites (N-methyl/N-ethyl adjacent to an activating group) is 1. The van der Waals surface area contributed by atoms with E-state index in [1.165, 1.54) is 7.11 Å². The van der Waals surface area contributed by atoms with Gasteiger partial charge in [0.05, 0.1) is 37.4 Å². The molecule has 5 rings (SSSR count). The summed E-state index contributed by atoms with van der Waals surface area (Å²) in [7, 11) is 3.52. The van der Waals surface area contributed by atoms with E-state index in [2.05, 4.69) is 4.90 Å². The second-order valence-corrected chi connectivity index (χ2v) is 10.2. The van der Waals surface area contributed by atoms with E-state index in [0.717, 1.165) is 11.1 Å². The number of piperidine rings is 1. The van der Waals surface area contributed by atoms with Crippen molar-refractivity contribution >= 4 is 23.9 Å². The third-order valence-electron chi connectivity index (χ3n) is 8.23. The van der Waals surface area contributed by atoms with Crippen molar-refractivity contribution in [2.24, 2.45) is 0 Å². The van der Waals surface area contributed by atoms with Gasteiger partial charge >= 0.3 is 23.9 Å². The molecule has 0 radical (unpaired) electrons. The van der Waals surface area contributed by atoms with Crippen LogP contribution < -0.4 is 9.47 Å². The first-order valence-corrected chi connectivity index (χ1v) is 12.4. The van der Waals surface area contributed by atoms with Gasteiger partial charge in [0.25, 0.3) is 0 Å². The summed E-state index contributed by atoms with van der Waals surface area (Å²) >= 11 is 0. The van der Waals surface area contributed by atoms with Crippen LogP contribution >= 0.6 is 0 Å². The van der Waals surface area contributed by atoms with Crippen LogP contribution in [0.3, 0.4) is 0 Å². The molecule has 1 aromatic carbocycles. The SMILES string of the molecule is COc1ccc2c3c1O[C@H]1C(OC(=O)CCC(=O)O[C@@H](CC(=O)O)C(=O)O)=CC[C@@]4(O)[C@@H](C2)N(C)CC[C@]314. The van der Waals surface area contributed by atoms with Crippen molar-refractivity contribution in [2.45, 2.75) is 67.8 Å². The molecule has 2 bridgehead atoms. The summed E-state index contributed by atoms with van der Waals surface area (Å²) in [6.45, 7) is 0.705. The number of carbonyl (C=O) groups is 4. The van der Waals surface area contributed by atoms with Gasteiger partial charge in [-0.25, -0.2) is 4.79 Å². The lowest BCUT2D eigenvalue weighted by Gasteiger charge is -2.61. The second kappa shape index (κ2) is 9.28. The van der Waals surface area contributed by atoms with Gasteiger partial charge in [0.1, 0.15) is 5.76 Å². The summed E-state index contributed by atoms with van der Waals surface area (Å²) in [6.07, 6.45) is -1.37. The van der Waals surface area contributed by atoms with Gasteiger partial charge in [-0.3, -0.25) is 14.4 Å².